The molecule has 0 bridgehead atoms. The van der Waals surface area contributed by atoms with Crippen LogP contribution in [0.1, 0.15) is 22.9 Å². The van der Waals surface area contributed by atoms with E-state index in [1.54, 1.807) is 12.1 Å². The van der Waals surface area contributed by atoms with Crippen molar-refractivity contribution in [2.45, 2.75) is 11.8 Å². The average molecular weight is 344 g/mol. The van der Waals surface area contributed by atoms with Gasteiger partial charge < -0.3 is 4.74 Å². The van der Waals surface area contributed by atoms with Crippen LogP contribution in [0, 0.1) is 5.82 Å². The van der Waals surface area contributed by atoms with E-state index in [-0.39, 0.29) is 9.85 Å². The van der Waals surface area contributed by atoms with E-state index in [1.165, 1.54) is 6.07 Å². The molecule has 0 heterocycles. The minimum absolute atomic E-state index is 0.0266. The average Bonchev–Trinajstić information content (AvgIpc) is 2.42. The second-order valence-electron chi connectivity index (χ2n) is 4.04. The van der Waals surface area contributed by atoms with Crippen LogP contribution in [-0.2, 0) is 0 Å². The molecule has 0 amide bonds. The van der Waals surface area contributed by atoms with Gasteiger partial charge in [0, 0.05) is 0 Å². The standard InChI is InChI=1S/C15H13BrClFO/c1-2-19-12-6-3-10(4-7-12)15(16)11-5-8-14(18)13(17)9-11/h3-9,15H,2H2,1H3. The molecule has 0 aromatic heterocycles. The molecule has 2 aromatic rings. The molecule has 0 radical (unpaired) electrons. The first-order valence-electron chi connectivity index (χ1n) is 5.93. The van der Waals surface area contributed by atoms with Crippen molar-refractivity contribution in [1.29, 1.82) is 0 Å². The molecule has 100 valence electrons. The molecule has 0 saturated heterocycles. The van der Waals surface area contributed by atoms with E-state index in [9.17, 15) is 4.39 Å². The molecule has 0 aliphatic heterocycles. The Balaban J connectivity index is 2.22. The van der Waals surface area contributed by atoms with Crippen LogP contribution in [0.25, 0.3) is 0 Å². The van der Waals surface area contributed by atoms with Gasteiger partial charge in [-0.15, -0.1) is 0 Å². The first-order chi connectivity index (χ1) is 9.11. The molecular weight excluding hydrogens is 331 g/mol. The predicted octanol–water partition coefficient (Wildman–Crippen LogP) is 5.36. The van der Waals surface area contributed by atoms with Crippen molar-refractivity contribution in [1.82, 2.24) is 0 Å². The fourth-order valence-corrected chi connectivity index (χ4v) is 2.54. The van der Waals surface area contributed by atoms with Crippen molar-refractivity contribution < 1.29 is 9.13 Å². The fourth-order valence-electron chi connectivity index (χ4n) is 1.76. The summed E-state index contributed by atoms with van der Waals surface area (Å²) in [6.45, 7) is 2.59. The summed E-state index contributed by atoms with van der Waals surface area (Å²) in [6.07, 6.45) is 0. The SMILES string of the molecule is CCOc1ccc(C(Br)c2ccc(F)c(Cl)c2)cc1. The highest BCUT2D eigenvalue weighted by atomic mass is 79.9. The third kappa shape index (κ3) is 3.48. The molecule has 1 atom stereocenters. The second kappa shape index (κ2) is 6.40. The smallest absolute Gasteiger partial charge is 0.141 e. The molecule has 2 aromatic carbocycles. The van der Waals surface area contributed by atoms with Crippen LogP contribution in [0.5, 0.6) is 5.75 Å². The number of hydrogen-bond donors (Lipinski definition) is 0. The summed E-state index contributed by atoms with van der Waals surface area (Å²) >= 11 is 9.39. The number of rotatable bonds is 4. The van der Waals surface area contributed by atoms with Crippen molar-refractivity contribution >= 4 is 27.5 Å². The minimum atomic E-state index is -0.406. The Hall–Kier alpha value is -1.06. The maximum atomic E-state index is 13.1. The Morgan fingerprint density at radius 3 is 2.37 bits per heavy atom. The number of alkyl halides is 1. The van der Waals surface area contributed by atoms with Crippen molar-refractivity contribution in [2.24, 2.45) is 0 Å². The first-order valence-corrected chi connectivity index (χ1v) is 7.23. The van der Waals surface area contributed by atoms with Crippen LogP contribution in [0.3, 0.4) is 0 Å². The molecule has 0 fully saturated rings. The van der Waals surface area contributed by atoms with Gasteiger partial charge >= 0.3 is 0 Å². The molecule has 0 aliphatic rings. The van der Waals surface area contributed by atoms with Crippen molar-refractivity contribution in [3.05, 3.63) is 64.4 Å². The van der Waals surface area contributed by atoms with Gasteiger partial charge in [-0.2, -0.15) is 0 Å². The molecule has 1 unspecified atom stereocenters. The van der Waals surface area contributed by atoms with E-state index < -0.39 is 5.82 Å². The van der Waals surface area contributed by atoms with Crippen LogP contribution < -0.4 is 4.74 Å². The van der Waals surface area contributed by atoms with Crippen LogP contribution in [0.4, 0.5) is 4.39 Å². The summed E-state index contributed by atoms with van der Waals surface area (Å²) in [7, 11) is 0. The Morgan fingerprint density at radius 2 is 1.79 bits per heavy atom. The van der Waals surface area contributed by atoms with E-state index in [0.29, 0.717) is 6.61 Å². The number of ether oxygens (including phenoxy) is 1. The lowest BCUT2D eigenvalue weighted by Crippen LogP contribution is -1.95. The third-order valence-electron chi connectivity index (χ3n) is 2.72. The largest absolute Gasteiger partial charge is 0.494 e. The van der Waals surface area contributed by atoms with Gasteiger partial charge in [-0.1, -0.05) is 45.7 Å². The molecule has 0 saturated carbocycles. The molecule has 0 N–H and O–H groups in total. The van der Waals surface area contributed by atoms with Gasteiger partial charge in [0.1, 0.15) is 11.6 Å². The zero-order valence-corrected chi connectivity index (χ0v) is 12.7. The van der Waals surface area contributed by atoms with Gasteiger partial charge in [0.25, 0.3) is 0 Å². The van der Waals surface area contributed by atoms with E-state index in [0.717, 1.165) is 16.9 Å². The summed E-state index contributed by atoms with van der Waals surface area (Å²) < 4.78 is 18.5. The lowest BCUT2D eigenvalue weighted by molar-refractivity contribution is 0.340. The van der Waals surface area contributed by atoms with Crippen LogP contribution in [0.15, 0.2) is 42.5 Å². The van der Waals surface area contributed by atoms with Crippen molar-refractivity contribution in [3.8, 4) is 5.75 Å². The fraction of sp³-hybridized carbons (Fsp3) is 0.200. The van der Waals surface area contributed by atoms with E-state index >= 15 is 0 Å². The molecule has 0 aliphatic carbocycles. The third-order valence-corrected chi connectivity index (χ3v) is 4.07. The quantitative estimate of drug-likeness (QED) is 0.679. The lowest BCUT2D eigenvalue weighted by atomic mass is 10.0. The summed E-state index contributed by atoms with van der Waals surface area (Å²) in [5.41, 5.74) is 1.97. The summed E-state index contributed by atoms with van der Waals surface area (Å²) in [4.78, 5) is -0.0266. The van der Waals surface area contributed by atoms with E-state index in [1.807, 2.05) is 31.2 Å². The summed E-state index contributed by atoms with van der Waals surface area (Å²) in [5, 5.41) is 0.132. The predicted molar refractivity (Wildman–Crippen MR) is 79.8 cm³/mol. The van der Waals surface area contributed by atoms with Gasteiger partial charge in [0.2, 0.25) is 0 Å². The van der Waals surface area contributed by atoms with Crippen LogP contribution >= 0.6 is 27.5 Å². The zero-order valence-electron chi connectivity index (χ0n) is 10.4. The van der Waals surface area contributed by atoms with Crippen LogP contribution in [0.2, 0.25) is 5.02 Å². The van der Waals surface area contributed by atoms with Crippen molar-refractivity contribution in [3.63, 3.8) is 0 Å². The molecular formula is C15H13BrClFO. The first kappa shape index (κ1) is 14.4. The monoisotopic (exact) mass is 342 g/mol. The highest BCUT2D eigenvalue weighted by Gasteiger charge is 2.12. The topological polar surface area (TPSA) is 9.23 Å². The Kier molecular flexibility index (Phi) is 4.83. The van der Waals surface area contributed by atoms with Gasteiger partial charge in [-0.3, -0.25) is 0 Å². The van der Waals surface area contributed by atoms with Gasteiger partial charge in [0.15, 0.2) is 0 Å². The summed E-state index contributed by atoms with van der Waals surface area (Å²) in [6, 6.07) is 12.5. The maximum absolute atomic E-state index is 13.1. The molecule has 1 nitrogen and oxygen atoms in total. The molecule has 4 heteroatoms. The molecule has 2 rings (SSSR count). The van der Waals surface area contributed by atoms with E-state index in [4.69, 9.17) is 16.3 Å². The van der Waals surface area contributed by atoms with Gasteiger partial charge in [0.05, 0.1) is 16.5 Å². The summed E-state index contributed by atoms with van der Waals surface area (Å²) in [5.74, 6) is 0.430. The Labute approximate surface area is 125 Å². The minimum Gasteiger partial charge on any atom is -0.494 e. The van der Waals surface area contributed by atoms with Crippen LogP contribution in [-0.4, -0.2) is 6.61 Å². The normalized spacial score (nSPS) is 12.2. The Morgan fingerprint density at radius 1 is 1.16 bits per heavy atom. The number of hydrogen-bond acceptors (Lipinski definition) is 1. The second-order valence-corrected chi connectivity index (χ2v) is 5.36. The number of benzene rings is 2. The molecule has 19 heavy (non-hydrogen) atoms. The Bertz CT molecular complexity index is 557. The highest BCUT2D eigenvalue weighted by Crippen LogP contribution is 2.33. The van der Waals surface area contributed by atoms with Crippen molar-refractivity contribution in [2.75, 3.05) is 6.61 Å². The van der Waals surface area contributed by atoms with Gasteiger partial charge in [-0.05, 0) is 42.3 Å². The number of halogens is 3. The zero-order chi connectivity index (χ0) is 13.8. The lowest BCUT2D eigenvalue weighted by Gasteiger charge is -2.12. The van der Waals surface area contributed by atoms with E-state index in [2.05, 4.69) is 15.9 Å². The molecule has 0 spiro atoms. The maximum Gasteiger partial charge on any atom is 0.141 e. The highest BCUT2D eigenvalue weighted by molar-refractivity contribution is 9.09. The van der Waals surface area contributed by atoms with Gasteiger partial charge in [-0.25, -0.2) is 4.39 Å².